The number of nitrogens with zero attached hydrogens (tertiary/aromatic N) is 2. The maximum atomic E-state index is 12.5. The molecule has 1 aromatic carbocycles. The number of carbonyl (C=O) groups excluding carboxylic acids is 1. The summed E-state index contributed by atoms with van der Waals surface area (Å²) in [6.07, 6.45) is 0.775. The number of carbonyl (C=O) groups is 1. The van der Waals surface area contributed by atoms with E-state index in [9.17, 15) is 9.59 Å². The molecule has 1 amide bonds. The second-order valence-electron chi connectivity index (χ2n) is 6.07. The fourth-order valence-corrected chi connectivity index (χ4v) is 4.66. The van der Waals surface area contributed by atoms with Crippen molar-refractivity contribution in [1.82, 2.24) is 9.55 Å². The third-order valence-electron chi connectivity index (χ3n) is 4.09. The van der Waals surface area contributed by atoms with Gasteiger partial charge >= 0.3 is 0 Å². The summed E-state index contributed by atoms with van der Waals surface area (Å²) in [7, 11) is 4.78. The summed E-state index contributed by atoms with van der Waals surface area (Å²) in [5, 5.41) is 3.71. The van der Waals surface area contributed by atoms with E-state index in [-0.39, 0.29) is 17.2 Å². The van der Waals surface area contributed by atoms with Gasteiger partial charge in [0.1, 0.15) is 11.5 Å². The predicted octanol–water partition coefficient (Wildman–Crippen LogP) is 2.57. The quantitative estimate of drug-likeness (QED) is 0.582. The first-order valence-electron chi connectivity index (χ1n) is 8.34. The van der Waals surface area contributed by atoms with Gasteiger partial charge in [-0.15, -0.1) is 11.8 Å². The number of hydrogen-bond acceptors (Lipinski definition) is 7. The van der Waals surface area contributed by atoms with E-state index < -0.39 is 0 Å². The number of anilines is 1. The van der Waals surface area contributed by atoms with Gasteiger partial charge < -0.3 is 14.8 Å². The molecule has 1 unspecified atom stereocenters. The smallest absolute Gasteiger partial charge is 0.267 e. The van der Waals surface area contributed by atoms with Crippen LogP contribution in [0.3, 0.4) is 0 Å². The first kappa shape index (κ1) is 19.6. The zero-order chi connectivity index (χ0) is 19.6. The highest BCUT2D eigenvalue weighted by atomic mass is 32.2. The molecule has 0 bridgehead atoms. The van der Waals surface area contributed by atoms with E-state index in [4.69, 9.17) is 9.47 Å². The number of amides is 1. The lowest BCUT2D eigenvalue weighted by molar-refractivity contribution is -0.113. The Kier molecular flexibility index (Phi) is 6.01. The minimum atomic E-state index is -0.218. The van der Waals surface area contributed by atoms with Crippen LogP contribution in [0, 0.1) is 0 Å². The molecule has 7 nitrogen and oxygen atoms in total. The Labute approximate surface area is 165 Å². The van der Waals surface area contributed by atoms with E-state index in [2.05, 4.69) is 17.2 Å². The monoisotopic (exact) mass is 407 g/mol. The van der Waals surface area contributed by atoms with E-state index in [1.807, 2.05) is 0 Å². The van der Waals surface area contributed by atoms with Gasteiger partial charge in [-0.1, -0.05) is 18.7 Å². The van der Waals surface area contributed by atoms with Crippen LogP contribution in [0.15, 0.2) is 33.0 Å². The zero-order valence-electron chi connectivity index (χ0n) is 15.6. The van der Waals surface area contributed by atoms with Crippen molar-refractivity contribution in [1.29, 1.82) is 0 Å². The van der Waals surface area contributed by atoms with E-state index in [1.54, 1.807) is 44.1 Å². The molecule has 2 heterocycles. The Morgan fingerprint density at radius 3 is 2.89 bits per heavy atom. The van der Waals surface area contributed by atoms with Crippen molar-refractivity contribution in [3.8, 4) is 11.5 Å². The molecule has 1 aliphatic rings. The molecule has 0 saturated heterocycles. The van der Waals surface area contributed by atoms with Crippen LogP contribution in [-0.4, -0.2) is 40.7 Å². The van der Waals surface area contributed by atoms with Crippen molar-refractivity contribution in [2.24, 2.45) is 7.05 Å². The van der Waals surface area contributed by atoms with Gasteiger partial charge in [-0.25, -0.2) is 4.98 Å². The van der Waals surface area contributed by atoms with Crippen LogP contribution < -0.4 is 20.3 Å². The SMILES string of the molecule is COc1ccc(OC)c(NC(=O)CSc2nc3c(c(=O)n2C)SC(C)C3)c1. The summed E-state index contributed by atoms with van der Waals surface area (Å²) in [6, 6.07) is 5.18. The Balaban J connectivity index is 1.71. The first-order valence-corrected chi connectivity index (χ1v) is 10.2. The van der Waals surface area contributed by atoms with Crippen molar-refractivity contribution in [2.75, 3.05) is 25.3 Å². The third kappa shape index (κ3) is 4.24. The second-order valence-corrected chi connectivity index (χ2v) is 8.46. The summed E-state index contributed by atoms with van der Waals surface area (Å²) < 4.78 is 12.0. The highest BCUT2D eigenvalue weighted by Crippen LogP contribution is 2.34. The maximum Gasteiger partial charge on any atom is 0.267 e. The van der Waals surface area contributed by atoms with Crippen molar-refractivity contribution in [3.63, 3.8) is 0 Å². The standard InChI is InChI=1S/C18H21N3O4S2/c1-10-7-13-16(27-10)17(23)21(2)18(20-13)26-9-15(22)19-12-8-11(24-3)5-6-14(12)25-4/h5-6,8,10H,7,9H2,1-4H3,(H,19,22). The molecule has 3 rings (SSSR count). The lowest BCUT2D eigenvalue weighted by atomic mass is 10.2. The number of fused-ring (bicyclic) bond motifs is 1. The average molecular weight is 408 g/mol. The van der Waals surface area contributed by atoms with Crippen LogP contribution in [0.2, 0.25) is 0 Å². The number of hydrogen-bond donors (Lipinski definition) is 1. The minimum Gasteiger partial charge on any atom is -0.497 e. The molecule has 1 atom stereocenters. The molecule has 0 spiro atoms. The molecule has 1 aromatic heterocycles. The Bertz CT molecular complexity index is 930. The van der Waals surface area contributed by atoms with Gasteiger partial charge in [0.25, 0.3) is 5.56 Å². The molecular formula is C18H21N3O4S2. The Hall–Kier alpha value is -2.13. The lowest BCUT2D eigenvalue weighted by Gasteiger charge is -2.12. The molecular weight excluding hydrogens is 386 g/mol. The normalized spacial score (nSPS) is 15.3. The number of nitrogens with one attached hydrogen (secondary N) is 1. The van der Waals surface area contributed by atoms with Gasteiger partial charge in [0.15, 0.2) is 5.16 Å². The van der Waals surface area contributed by atoms with Gasteiger partial charge in [-0.3, -0.25) is 14.2 Å². The fourth-order valence-electron chi connectivity index (χ4n) is 2.73. The van der Waals surface area contributed by atoms with E-state index in [1.165, 1.54) is 23.4 Å². The highest BCUT2D eigenvalue weighted by Gasteiger charge is 2.25. The maximum absolute atomic E-state index is 12.5. The van der Waals surface area contributed by atoms with Crippen LogP contribution in [-0.2, 0) is 18.3 Å². The predicted molar refractivity (Wildman–Crippen MR) is 107 cm³/mol. The van der Waals surface area contributed by atoms with Gasteiger partial charge in [-0.2, -0.15) is 0 Å². The Morgan fingerprint density at radius 1 is 1.41 bits per heavy atom. The van der Waals surface area contributed by atoms with Gasteiger partial charge in [0.2, 0.25) is 5.91 Å². The summed E-state index contributed by atoms with van der Waals surface area (Å²) in [5.41, 5.74) is 1.31. The summed E-state index contributed by atoms with van der Waals surface area (Å²) in [6.45, 7) is 2.08. The van der Waals surface area contributed by atoms with Crippen LogP contribution in [0.4, 0.5) is 5.69 Å². The van der Waals surface area contributed by atoms with Gasteiger partial charge in [-0.05, 0) is 12.1 Å². The van der Waals surface area contributed by atoms with Crippen molar-refractivity contribution >= 4 is 35.1 Å². The molecule has 27 heavy (non-hydrogen) atoms. The van der Waals surface area contributed by atoms with Crippen LogP contribution >= 0.6 is 23.5 Å². The van der Waals surface area contributed by atoms with Gasteiger partial charge in [0, 0.05) is 24.8 Å². The lowest BCUT2D eigenvalue weighted by Crippen LogP contribution is -2.23. The molecule has 0 aliphatic carbocycles. The topological polar surface area (TPSA) is 82.5 Å². The molecule has 0 radical (unpaired) electrons. The number of aromatic nitrogens is 2. The summed E-state index contributed by atoms with van der Waals surface area (Å²) in [4.78, 5) is 30.2. The van der Waals surface area contributed by atoms with Crippen LogP contribution in [0.5, 0.6) is 11.5 Å². The van der Waals surface area contributed by atoms with E-state index in [0.29, 0.717) is 27.6 Å². The number of benzene rings is 1. The van der Waals surface area contributed by atoms with Gasteiger partial charge in [0.05, 0.1) is 36.2 Å². The van der Waals surface area contributed by atoms with Crippen molar-refractivity contribution in [2.45, 2.75) is 28.6 Å². The first-order chi connectivity index (χ1) is 12.9. The molecule has 2 aromatic rings. The third-order valence-corrected chi connectivity index (χ3v) is 6.34. The number of thioether (sulfide) groups is 2. The molecule has 9 heteroatoms. The molecule has 1 aliphatic heterocycles. The van der Waals surface area contributed by atoms with Crippen molar-refractivity contribution < 1.29 is 14.3 Å². The molecule has 0 saturated carbocycles. The highest BCUT2D eigenvalue weighted by molar-refractivity contribution is 8.00. The fraction of sp³-hybridized carbons (Fsp3) is 0.389. The molecule has 144 valence electrons. The molecule has 1 N–H and O–H groups in total. The van der Waals surface area contributed by atoms with Crippen LogP contribution in [0.25, 0.3) is 0 Å². The van der Waals surface area contributed by atoms with Crippen molar-refractivity contribution in [3.05, 3.63) is 34.2 Å². The van der Waals surface area contributed by atoms with E-state index >= 15 is 0 Å². The summed E-state index contributed by atoms with van der Waals surface area (Å²) in [5.74, 6) is 1.07. The number of rotatable bonds is 6. The number of ether oxygens (including phenoxy) is 2. The van der Waals surface area contributed by atoms with Crippen LogP contribution in [0.1, 0.15) is 12.6 Å². The number of methoxy groups -OCH3 is 2. The zero-order valence-corrected chi connectivity index (χ0v) is 17.2. The second kappa shape index (κ2) is 8.26. The van der Waals surface area contributed by atoms with E-state index in [0.717, 1.165) is 17.0 Å². The Morgan fingerprint density at radius 2 is 2.19 bits per heavy atom. The summed E-state index contributed by atoms with van der Waals surface area (Å²) >= 11 is 2.80. The molecule has 0 fully saturated rings. The largest absolute Gasteiger partial charge is 0.497 e. The average Bonchev–Trinajstić information content (AvgIpc) is 3.04. The minimum absolute atomic E-state index is 0.0493.